The number of anilines is 3. The van der Waals surface area contributed by atoms with Crippen LogP contribution >= 0.6 is 11.3 Å². The van der Waals surface area contributed by atoms with E-state index in [2.05, 4.69) is 39.5 Å². The number of nitrogens with one attached hydrogen (secondary N) is 1. The monoisotopic (exact) mass is 442 g/mol. The number of nitrogens with zero attached hydrogens (tertiary/aromatic N) is 3. The normalized spacial score (nSPS) is 14.6. The van der Waals surface area contributed by atoms with Crippen molar-refractivity contribution in [2.75, 3.05) is 16.8 Å². The van der Waals surface area contributed by atoms with Gasteiger partial charge in [0.2, 0.25) is 0 Å². The number of carbonyl (C=O) groups excluding carboxylic acids is 1. The van der Waals surface area contributed by atoms with Gasteiger partial charge in [0.15, 0.2) is 0 Å². The molecule has 7 heteroatoms. The van der Waals surface area contributed by atoms with Gasteiger partial charge in [-0.25, -0.2) is 4.98 Å². The fourth-order valence-corrected chi connectivity index (χ4v) is 5.90. The molecule has 0 radical (unpaired) electrons. The first-order chi connectivity index (χ1) is 15.6. The molecule has 6 nitrogen and oxygen atoms in total. The Bertz CT molecular complexity index is 1440. The van der Waals surface area contributed by atoms with Crippen molar-refractivity contribution in [1.29, 1.82) is 0 Å². The Morgan fingerprint density at radius 3 is 2.72 bits per heavy atom. The Labute approximate surface area is 189 Å². The van der Waals surface area contributed by atoms with Gasteiger partial charge in [-0.05, 0) is 61.2 Å². The summed E-state index contributed by atoms with van der Waals surface area (Å²) in [4.78, 5) is 34.1. The van der Waals surface area contributed by atoms with Crippen LogP contribution in [0.2, 0.25) is 0 Å². The number of hydrogen-bond donors (Lipinski definition) is 1. The third-order valence-corrected chi connectivity index (χ3v) is 7.63. The molecule has 2 aromatic heterocycles. The predicted octanol–water partition coefficient (Wildman–Crippen LogP) is 4.66. The van der Waals surface area contributed by atoms with Crippen LogP contribution in [-0.2, 0) is 19.4 Å². The van der Waals surface area contributed by atoms with Crippen LogP contribution in [0.1, 0.15) is 33.0 Å². The minimum Gasteiger partial charge on any atom is -0.341 e. The van der Waals surface area contributed by atoms with Crippen molar-refractivity contribution in [2.24, 2.45) is 0 Å². The SMILES string of the molecule is Cc1c(C(=O)Nc2ccc(N3CCc4ccccc43)cc2)sc2nc3n(c(=O)c12)CCC3. The molecule has 1 N–H and O–H groups in total. The summed E-state index contributed by atoms with van der Waals surface area (Å²) in [5.74, 6) is 0.629. The van der Waals surface area contributed by atoms with Crippen LogP contribution in [0.5, 0.6) is 0 Å². The lowest BCUT2D eigenvalue weighted by Crippen LogP contribution is -2.20. The number of hydrogen-bond acceptors (Lipinski definition) is 5. The summed E-state index contributed by atoms with van der Waals surface area (Å²) in [6, 6.07) is 16.4. The van der Waals surface area contributed by atoms with E-state index in [0.717, 1.165) is 43.0 Å². The Kier molecular flexibility index (Phi) is 4.40. The highest BCUT2D eigenvalue weighted by molar-refractivity contribution is 7.20. The van der Waals surface area contributed by atoms with E-state index < -0.39 is 0 Å². The third-order valence-electron chi connectivity index (χ3n) is 6.44. The number of aromatic nitrogens is 2. The largest absolute Gasteiger partial charge is 0.341 e. The van der Waals surface area contributed by atoms with Crippen molar-refractivity contribution in [3.05, 3.63) is 80.7 Å². The molecule has 0 unspecified atom stereocenters. The maximum Gasteiger partial charge on any atom is 0.266 e. The fraction of sp³-hybridized carbons (Fsp3) is 0.240. The number of benzene rings is 2. The Morgan fingerprint density at radius 1 is 1.06 bits per heavy atom. The summed E-state index contributed by atoms with van der Waals surface area (Å²) in [6.07, 6.45) is 2.81. The molecule has 2 aliphatic heterocycles. The van der Waals surface area contributed by atoms with E-state index in [4.69, 9.17) is 0 Å². The van der Waals surface area contributed by atoms with Crippen molar-refractivity contribution in [3.63, 3.8) is 0 Å². The molecule has 0 atom stereocenters. The number of thiophene rings is 1. The number of aryl methyl sites for hydroxylation is 2. The highest BCUT2D eigenvalue weighted by Crippen LogP contribution is 2.35. The molecule has 1 amide bonds. The maximum absolute atomic E-state index is 13.0. The van der Waals surface area contributed by atoms with Crippen molar-refractivity contribution in [3.8, 4) is 0 Å². The highest BCUT2D eigenvalue weighted by Gasteiger charge is 2.24. The molecule has 0 spiro atoms. The molecule has 0 bridgehead atoms. The first kappa shape index (κ1) is 19.3. The number of fused-ring (bicyclic) bond motifs is 3. The molecule has 0 fully saturated rings. The molecule has 0 saturated heterocycles. The Balaban J connectivity index is 1.26. The van der Waals surface area contributed by atoms with Gasteiger partial charge < -0.3 is 10.2 Å². The van der Waals surface area contributed by atoms with Crippen molar-refractivity contribution >= 4 is 44.5 Å². The molecule has 32 heavy (non-hydrogen) atoms. The quantitative estimate of drug-likeness (QED) is 0.501. The van der Waals surface area contributed by atoms with Gasteiger partial charge in [-0.1, -0.05) is 18.2 Å². The summed E-state index contributed by atoms with van der Waals surface area (Å²) in [6.45, 7) is 3.51. The first-order valence-corrected chi connectivity index (χ1v) is 11.7. The zero-order chi connectivity index (χ0) is 21.8. The van der Waals surface area contributed by atoms with Gasteiger partial charge in [0.25, 0.3) is 11.5 Å². The summed E-state index contributed by atoms with van der Waals surface area (Å²) >= 11 is 1.30. The van der Waals surface area contributed by atoms with Gasteiger partial charge in [0.1, 0.15) is 10.7 Å². The minimum atomic E-state index is -0.200. The van der Waals surface area contributed by atoms with Gasteiger partial charge in [-0.15, -0.1) is 11.3 Å². The maximum atomic E-state index is 13.0. The van der Waals surface area contributed by atoms with Crippen molar-refractivity contribution < 1.29 is 4.79 Å². The number of carbonyl (C=O) groups is 1. The molecule has 6 rings (SSSR count). The summed E-state index contributed by atoms with van der Waals surface area (Å²) in [5.41, 5.74) is 5.14. The van der Waals surface area contributed by atoms with E-state index in [1.54, 1.807) is 4.57 Å². The van der Waals surface area contributed by atoms with Crippen LogP contribution in [0, 0.1) is 6.92 Å². The average molecular weight is 443 g/mol. The Morgan fingerprint density at radius 2 is 1.88 bits per heavy atom. The lowest BCUT2D eigenvalue weighted by molar-refractivity contribution is 0.103. The predicted molar refractivity (Wildman–Crippen MR) is 128 cm³/mol. The van der Waals surface area contributed by atoms with Gasteiger partial charge in [0.05, 0.1) is 10.3 Å². The second-order valence-corrected chi connectivity index (χ2v) is 9.36. The van der Waals surface area contributed by atoms with Gasteiger partial charge >= 0.3 is 0 Å². The lowest BCUT2D eigenvalue weighted by atomic mass is 10.2. The molecule has 4 heterocycles. The first-order valence-electron chi connectivity index (χ1n) is 10.9. The smallest absolute Gasteiger partial charge is 0.266 e. The highest BCUT2D eigenvalue weighted by atomic mass is 32.1. The van der Waals surface area contributed by atoms with Gasteiger partial charge in [0, 0.05) is 36.6 Å². The standard InChI is InChI=1S/C25H22N4O2S/c1-15-21-24(27-20-7-4-13-29(20)25(21)31)32-22(15)23(30)26-17-8-10-18(11-9-17)28-14-12-16-5-2-3-6-19(16)28/h2-3,5-6,8-11H,4,7,12-14H2,1H3,(H,26,30). The summed E-state index contributed by atoms with van der Waals surface area (Å²) < 4.78 is 1.75. The molecular formula is C25H22N4O2S. The molecule has 0 saturated carbocycles. The van der Waals surface area contributed by atoms with Crippen LogP contribution in [0.25, 0.3) is 10.2 Å². The molecule has 4 aromatic rings. The number of para-hydroxylation sites is 1. The molecule has 160 valence electrons. The molecule has 2 aliphatic rings. The fourth-order valence-electron chi connectivity index (χ4n) is 4.81. The Hall–Kier alpha value is -3.45. The summed E-state index contributed by atoms with van der Waals surface area (Å²) in [7, 11) is 0. The van der Waals surface area contributed by atoms with Gasteiger partial charge in [-0.3, -0.25) is 14.2 Å². The van der Waals surface area contributed by atoms with E-state index in [1.807, 2.05) is 31.2 Å². The molecule has 2 aromatic carbocycles. The van der Waals surface area contributed by atoms with Crippen LogP contribution in [0.4, 0.5) is 17.1 Å². The van der Waals surface area contributed by atoms with Crippen molar-refractivity contribution in [1.82, 2.24) is 9.55 Å². The van der Waals surface area contributed by atoms with Crippen LogP contribution in [0.15, 0.2) is 53.3 Å². The third kappa shape index (κ3) is 2.96. The number of amides is 1. The average Bonchev–Trinajstić information content (AvgIpc) is 3.52. The van der Waals surface area contributed by atoms with E-state index in [0.29, 0.717) is 27.2 Å². The van der Waals surface area contributed by atoms with E-state index in [-0.39, 0.29) is 11.5 Å². The van der Waals surface area contributed by atoms with Crippen LogP contribution < -0.4 is 15.8 Å². The topological polar surface area (TPSA) is 67.2 Å². The minimum absolute atomic E-state index is 0.0226. The number of rotatable bonds is 3. The second-order valence-electron chi connectivity index (χ2n) is 8.36. The van der Waals surface area contributed by atoms with E-state index in [9.17, 15) is 9.59 Å². The summed E-state index contributed by atoms with van der Waals surface area (Å²) in [5, 5.41) is 3.57. The van der Waals surface area contributed by atoms with E-state index >= 15 is 0 Å². The van der Waals surface area contributed by atoms with E-state index in [1.165, 1.54) is 22.6 Å². The van der Waals surface area contributed by atoms with Crippen LogP contribution in [-0.4, -0.2) is 22.0 Å². The van der Waals surface area contributed by atoms with Crippen LogP contribution in [0.3, 0.4) is 0 Å². The van der Waals surface area contributed by atoms with Crippen molar-refractivity contribution in [2.45, 2.75) is 32.7 Å². The zero-order valence-corrected chi connectivity index (χ0v) is 18.5. The lowest BCUT2D eigenvalue weighted by Gasteiger charge is -2.20. The van der Waals surface area contributed by atoms with Gasteiger partial charge in [-0.2, -0.15) is 0 Å². The zero-order valence-electron chi connectivity index (χ0n) is 17.7. The molecular weight excluding hydrogens is 420 g/mol. The second kappa shape index (κ2) is 7.31. The molecule has 0 aliphatic carbocycles.